The van der Waals surface area contributed by atoms with Crippen LogP contribution in [0.1, 0.15) is 31.7 Å². The van der Waals surface area contributed by atoms with Crippen molar-refractivity contribution in [3.8, 4) is 5.82 Å². The quantitative estimate of drug-likeness (QED) is 0.400. The van der Waals surface area contributed by atoms with E-state index in [9.17, 15) is 0 Å². The van der Waals surface area contributed by atoms with Crippen LogP contribution in [-0.2, 0) is 11.3 Å². The number of aromatic nitrogens is 3. The molecule has 8 heteroatoms. The van der Waals surface area contributed by atoms with Crippen molar-refractivity contribution >= 4 is 29.9 Å². The molecule has 4 rings (SSSR count). The van der Waals surface area contributed by atoms with Crippen molar-refractivity contribution in [2.45, 2.75) is 51.0 Å². The Hall–Kier alpha value is -1.68. The third kappa shape index (κ3) is 4.35. The number of hydrogen-bond acceptors (Lipinski definition) is 4. The molecule has 0 spiro atoms. The van der Waals surface area contributed by atoms with E-state index in [1.165, 1.54) is 6.42 Å². The Morgan fingerprint density at radius 2 is 2.31 bits per heavy atom. The molecule has 2 fully saturated rings. The molecule has 2 aliphatic rings. The molecule has 0 aromatic carbocycles. The molecule has 3 atom stereocenters. The lowest BCUT2D eigenvalue weighted by molar-refractivity contribution is 0.0992. The Morgan fingerprint density at radius 3 is 3.00 bits per heavy atom. The fraction of sp³-hybridized carbons (Fsp3) is 0.500. The maximum Gasteiger partial charge on any atom is 0.191 e. The number of halogens is 1. The summed E-state index contributed by atoms with van der Waals surface area (Å²) >= 11 is 0. The minimum Gasteiger partial charge on any atom is -0.373 e. The first-order valence-corrected chi connectivity index (χ1v) is 8.95. The third-order valence-electron chi connectivity index (χ3n) is 4.77. The standard InChI is InChI=1S/C18H24N6O.HI/c1-2-20-18(23-15-10-14-3-4-16(15)25-14)22-11-13-5-6-21-17(9-13)24-8-7-19-12-24;/h5-9,12,14-16H,2-4,10-11H2,1H3,(H2,20,22,23);1H. The molecule has 3 unspecified atom stereocenters. The van der Waals surface area contributed by atoms with Crippen molar-refractivity contribution in [3.05, 3.63) is 42.6 Å². The molecule has 2 aromatic heterocycles. The number of pyridine rings is 1. The fourth-order valence-corrected chi connectivity index (χ4v) is 3.55. The van der Waals surface area contributed by atoms with E-state index in [0.717, 1.165) is 36.7 Å². The number of guanidine groups is 1. The zero-order valence-electron chi connectivity index (χ0n) is 14.8. The lowest BCUT2D eigenvalue weighted by Crippen LogP contribution is -2.47. The number of hydrogen-bond donors (Lipinski definition) is 2. The maximum absolute atomic E-state index is 5.92. The second kappa shape index (κ2) is 8.81. The van der Waals surface area contributed by atoms with E-state index in [0.29, 0.717) is 24.8 Å². The van der Waals surface area contributed by atoms with Gasteiger partial charge in [-0.3, -0.25) is 4.57 Å². The number of ether oxygens (including phenoxy) is 1. The molecule has 0 saturated carbocycles. The Balaban J connectivity index is 0.00000196. The zero-order valence-corrected chi connectivity index (χ0v) is 17.2. The predicted molar refractivity (Wildman–Crippen MR) is 111 cm³/mol. The van der Waals surface area contributed by atoms with Gasteiger partial charge in [0.05, 0.1) is 24.8 Å². The molecular formula is C18H25IN6O. The van der Waals surface area contributed by atoms with Crippen LogP contribution in [0.2, 0.25) is 0 Å². The summed E-state index contributed by atoms with van der Waals surface area (Å²) in [6, 6.07) is 4.40. The van der Waals surface area contributed by atoms with E-state index < -0.39 is 0 Å². The van der Waals surface area contributed by atoms with Gasteiger partial charge in [0.1, 0.15) is 12.1 Å². The summed E-state index contributed by atoms with van der Waals surface area (Å²) in [4.78, 5) is 13.2. The van der Waals surface area contributed by atoms with Crippen LogP contribution in [0.3, 0.4) is 0 Å². The van der Waals surface area contributed by atoms with Crippen molar-refractivity contribution in [1.29, 1.82) is 0 Å². The molecule has 7 nitrogen and oxygen atoms in total. The number of rotatable bonds is 5. The van der Waals surface area contributed by atoms with Crippen LogP contribution in [0.25, 0.3) is 5.82 Å². The van der Waals surface area contributed by atoms with E-state index in [2.05, 4.69) is 27.5 Å². The van der Waals surface area contributed by atoms with Gasteiger partial charge in [0.25, 0.3) is 0 Å². The average molecular weight is 468 g/mol. The van der Waals surface area contributed by atoms with Gasteiger partial charge in [-0.15, -0.1) is 24.0 Å². The van der Waals surface area contributed by atoms with Crippen LogP contribution in [-0.4, -0.2) is 45.3 Å². The normalized spacial score (nSPS) is 24.3. The van der Waals surface area contributed by atoms with E-state index in [1.54, 1.807) is 12.5 Å². The highest BCUT2D eigenvalue weighted by Crippen LogP contribution is 2.34. The highest BCUT2D eigenvalue weighted by Gasteiger charge is 2.41. The number of fused-ring (bicyclic) bond motifs is 2. The summed E-state index contributed by atoms with van der Waals surface area (Å²) in [5.74, 6) is 1.70. The molecular weight excluding hydrogens is 443 g/mol. The van der Waals surface area contributed by atoms with Gasteiger partial charge < -0.3 is 15.4 Å². The first kappa shape index (κ1) is 19.1. The second-order valence-corrected chi connectivity index (χ2v) is 6.55. The van der Waals surface area contributed by atoms with Gasteiger partial charge in [-0.05, 0) is 43.9 Å². The predicted octanol–water partition coefficient (Wildman–Crippen LogP) is 2.26. The monoisotopic (exact) mass is 468 g/mol. The minimum absolute atomic E-state index is 0. The van der Waals surface area contributed by atoms with Crippen molar-refractivity contribution in [1.82, 2.24) is 25.2 Å². The van der Waals surface area contributed by atoms with E-state index >= 15 is 0 Å². The molecule has 0 radical (unpaired) electrons. The number of nitrogens with zero attached hydrogens (tertiary/aromatic N) is 4. The fourth-order valence-electron chi connectivity index (χ4n) is 3.55. The Bertz CT molecular complexity index is 735. The maximum atomic E-state index is 5.92. The van der Waals surface area contributed by atoms with Crippen molar-refractivity contribution in [3.63, 3.8) is 0 Å². The second-order valence-electron chi connectivity index (χ2n) is 6.55. The largest absolute Gasteiger partial charge is 0.373 e. The molecule has 26 heavy (non-hydrogen) atoms. The van der Waals surface area contributed by atoms with Gasteiger partial charge in [-0.2, -0.15) is 0 Å². The average Bonchev–Trinajstić information content (AvgIpc) is 3.38. The Morgan fingerprint density at radius 1 is 1.38 bits per heavy atom. The molecule has 2 aliphatic heterocycles. The minimum atomic E-state index is 0. The zero-order chi connectivity index (χ0) is 17.1. The Kier molecular flexibility index (Phi) is 6.47. The highest BCUT2D eigenvalue weighted by molar-refractivity contribution is 14.0. The van der Waals surface area contributed by atoms with Gasteiger partial charge >= 0.3 is 0 Å². The third-order valence-corrected chi connectivity index (χ3v) is 4.77. The number of nitrogens with one attached hydrogen (secondary N) is 2. The van der Waals surface area contributed by atoms with E-state index in [-0.39, 0.29) is 24.0 Å². The lowest BCUT2D eigenvalue weighted by Gasteiger charge is -2.22. The van der Waals surface area contributed by atoms with E-state index in [4.69, 9.17) is 9.73 Å². The summed E-state index contributed by atoms with van der Waals surface area (Å²) in [5.41, 5.74) is 1.11. The van der Waals surface area contributed by atoms with Crippen molar-refractivity contribution in [2.75, 3.05) is 6.54 Å². The van der Waals surface area contributed by atoms with E-state index in [1.807, 2.05) is 29.1 Å². The van der Waals surface area contributed by atoms with Crippen LogP contribution in [0.4, 0.5) is 0 Å². The summed E-state index contributed by atoms with van der Waals surface area (Å²) in [5, 5.41) is 6.88. The summed E-state index contributed by atoms with van der Waals surface area (Å²) in [7, 11) is 0. The highest BCUT2D eigenvalue weighted by atomic mass is 127. The van der Waals surface area contributed by atoms with Crippen LogP contribution in [0.5, 0.6) is 0 Å². The van der Waals surface area contributed by atoms with Gasteiger partial charge in [-0.25, -0.2) is 15.0 Å². The van der Waals surface area contributed by atoms with Crippen LogP contribution < -0.4 is 10.6 Å². The SMILES string of the molecule is CCNC(=NCc1ccnc(-n2ccnc2)c1)NC1CC2CCC1O2.I. The summed E-state index contributed by atoms with van der Waals surface area (Å²) < 4.78 is 7.81. The molecule has 4 heterocycles. The van der Waals surface area contributed by atoms with Crippen molar-refractivity contribution in [2.24, 2.45) is 4.99 Å². The number of imidazole rings is 1. The summed E-state index contributed by atoms with van der Waals surface area (Å²) in [6.07, 6.45) is 11.4. The lowest BCUT2D eigenvalue weighted by atomic mass is 9.96. The Labute approximate surface area is 170 Å². The smallest absolute Gasteiger partial charge is 0.191 e. The van der Waals surface area contributed by atoms with Gasteiger partial charge in [-0.1, -0.05) is 0 Å². The molecule has 2 saturated heterocycles. The first-order valence-electron chi connectivity index (χ1n) is 8.95. The van der Waals surface area contributed by atoms with Crippen molar-refractivity contribution < 1.29 is 4.74 Å². The number of aliphatic imine (C=N–C) groups is 1. The first-order chi connectivity index (χ1) is 12.3. The van der Waals surface area contributed by atoms with Crippen LogP contribution >= 0.6 is 24.0 Å². The summed E-state index contributed by atoms with van der Waals surface area (Å²) in [6.45, 7) is 3.52. The molecule has 2 aromatic rings. The van der Waals surface area contributed by atoms with Gasteiger partial charge in [0.2, 0.25) is 0 Å². The molecule has 0 aliphatic carbocycles. The van der Waals surface area contributed by atoms with Crippen LogP contribution in [0, 0.1) is 0 Å². The molecule has 140 valence electrons. The molecule has 2 N–H and O–H groups in total. The molecule has 2 bridgehead atoms. The van der Waals surface area contributed by atoms with Gasteiger partial charge in [0.15, 0.2) is 5.96 Å². The molecule has 0 amide bonds. The van der Waals surface area contributed by atoms with Crippen LogP contribution in [0.15, 0.2) is 42.0 Å². The van der Waals surface area contributed by atoms with Gasteiger partial charge in [0, 0.05) is 25.1 Å². The topological polar surface area (TPSA) is 76.4 Å².